The number of nitrogens with zero attached hydrogens (tertiary/aromatic N) is 1. The van der Waals surface area contributed by atoms with Crippen molar-refractivity contribution in [2.75, 3.05) is 13.1 Å². The lowest BCUT2D eigenvalue weighted by Gasteiger charge is -2.47. The van der Waals surface area contributed by atoms with E-state index in [-0.39, 0.29) is 5.54 Å². The van der Waals surface area contributed by atoms with E-state index < -0.39 is 0 Å². The standard InChI is InChI=1S/C17H30N2O/c1-2-10-17(11-6-12-18-17)16(20)19-13-5-8-14-7-3-4-9-15(14)19/h14-15,18H,2-13H2,1H3/t14-,15-,17?/m1/s1. The third-order valence-corrected chi connectivity index (χ3v) is 5.83. The van der Waals surface area contributed by atoms with Gasteiger partial charge in [0.1, 0.15) is 0 Å². The molecule has 2 heterocycles. The molecular weight excluding hydrogens is 248 g/mol. The van der Waals surface area contributed by atoms with Gasteiger partial charge in [0.25, 0.3) is 0 Å². The minimum Gasteiger partial charge on any atom is -0.338 e. The third kappa shape index (κ3) is 2.49. The summed E-state index contributed by atoms with van der Waals surface area (Å²) in [5.41, 5.74) is -0.214. The van der Waals surface area contributed by atoms with E-state index >= 15 is 0 Å². The van der Waals surface area contributed by atoms with Gasteiger partial charge in [-0.15, -0.1) is 0 Å². The summed E-state index contributed by atoms with van der Waals surface area (Å²) in [5, 5.41) is 3.57. The summed E-state index contributed by atoms with van der Waals surface area (Å²) in [6, 6.07) is 0.557. The van der Waals surface area contributed by atoms with Gasteiger partial charge in [0.15, 0.2) is 0 Å². The smallest absolute Gasteiger partial charge is 0.243 e. The molecule has 0 aromatic rings. The van der Waals surface area contributed by atoms with Crippen LogP contribution in [0, 0.1) is 5.92 Å². The Morgan fingerprint density at radius 1 is 1.20 bits per heavy atom. The molecule has 3 nitrogen and oxygen atoms in total. The van der Waals surface area contributed by atoms with E-state index in [0.717, 1.165) is 44.7 Å². The van der Waals surface area contributed by atoms with Gasteiger partial charge in [-0.1, -0.05) is 26.2 Å². The highest BCUT2D eigenvalue weighted by molar-refractivity contribution is 5.87. The minimum atomic E-state index is -0.214. The molecule has 3 fully saturated rings. The topological polar surface area (TPSA) is 32.3 Å². The first-order valence-electron chi connectivity index (χ1n) is 8.83. The van der Waals surface area contributed by atoms with Gasteiger partial charge in [-0.25, -0.2) is 0 Å². The van der Waals surface area contributed by atoms with Crippen molar-refractivity contribution in [1.82, 2.24) is 10.2 Å². The third-order valence-electron chi connectivity index (χ3n) is 5.83. The molecule has 114 valence electrons. The second kappa shape index (κ2) is 6.05. The van der Waals surface area contributed by atoms with Gasteiger partial charge in [-0.05, 0) is 57.4 Å². The van der Waals surface area contributed by atoms with Crippen LogP contribution in [0.1, 0.15) is 71.1 Å². The lowest BCUT2D eigenvalue weighted by molar-refractivity contribution is -0.144. The fraction of sp³-hybridized carbons (Fsp3) is 0.941. The monoisotopic (exact) mass is 278 g/mol. The van der Waals surface area contributed by atoms with Crippen LogP contribution < -0.4 is 5.32 Å². The van der Waals surface area contributed by atoms with Crippen LogP contribution in [0.3, 0.4) is 0 Å². The maximum atomic E-state index is 13.2. The van der Waals surface area contributed by atoms with E-state index in [2.05, 4.69) is 17.1 Å². The van der Waals surface area contributed by atoms with Crippen LogP contribution in [0.4, 0.5) is 0 Å². The van der Waals surface area contributed by atoms with Gasteiger partial charge >= 0.3 is 0 Å². The Kier molecular flexibility index (Phi) is 4.34. The lowest BCUT2D eigenvalue weighted by Crippen LogP contribution is -2.60. The van der Waals surface area contributed by atoms with E-state index in [4.69, 9.17) is 0 Å². The molecule has 0 radical (unpaired) electrons. The number of fused-ring (bicyclic) bond motifs is 1. The first-order valence-corrected chi connectivity index (χ1v) is 8.83. The van der Waals surface area contributed by atoms with Crippen LogP contribution in [0.15, 0.2) is 0 Å². The Bertz CT molecular complexity index is 347. The Balaban J connectivity index is 1.77. The molecule has 0 aromatic heterocycles. The molecule has 20 heavy (non-hydrogen) atoms. The van der Waals surface area contributed by atoms with Crippen molar-refractivity contribution in [3.05, 3.63) is 0 Å². The van der Waals surface area contributed by atoms with Gasteiger partial charge in [-0.3, -0.25) is 4.79 Å². The molecule has 2 saturated heterocycles. The van der Waals surface area contributed by atoms with Crippen LogP contribution in [-0.2, 0) is 4.79 Å². The van der Waals surface area contributed by atoms with E-state index in [1.807, 2.05) is 0 Å². The van der Waals surface area contributed by atoms with Gasteiger partial charge in [-0.2, -0.15) is 0 Å². The summed E-state index contributed by atoms with van der Waals surface area (Å²) < 4.78 is 0. The molecule has 1 amide bonds. The predicted molar refractivity (Wildman–Crippen MR) is 81.6 cm³/mol. The quantitative estimate of drug-likeness (QED) is 0.860. The van der Waals surface area contributed by atoms with Crippen molar-refractivity contribution >= 4 is 5.91 Å². The van der Waals surface area contributed by atoms with Crippen LogP contribution >= 0.6 is 0 Å². The predicted octanol–water partition coefficient (Wildman–Crippen LogP) is 3.09. The SMILES string of the molecule is CCCC1(C(=O)N2CCC[C@H]3CCCC[C@H]32)CCCN1. The van der Waals surface area contributed by atoms with Crippen molar-refractivity contribution in [3.8, 4) is 0 Å². The van der Waals surface area contributed by atoms with Crippen molar-refractivity contribution in [1.29, 1.82) is 0 Å². The highest BCUT2D eigenvalue weighted by Crippen LogP contribution is 2.38. The Morgan fingerprint density at radius 3 is 2.75 bits per heavy atom. The second-order valence-electron chi connectivity index (χ2n) is 7.12. The average Bonchev–Trinajstić information content (AvgIpc) is 2.96. The fourth-order valence-corrected chi connectivity index (χ4v) is 4.89. The zero-order valence-corrected chi connectivity index (χ0v) is 13.0. The van der Waals surface area contributed by atoms with Crippen molar-refractivity contribution in [2.24, 2.45) is 5.92 Å². The zero-order valence-electron chi connectivity index (χ0n) is 13.0. The highest BCUT2D eigenvalue weighted by Gasteiger charge is 2.46. The first-order chi connectivity index (χ1) is 9.77. The number of carbonyl (C=O) groups excluding carboxylic acids is 1. The van der Waals surface area contributed by atoms with E-state index in [1.165, 1.54) is 38.5 Å². The molecule has 3 aliphatic rings. The van der Waals surface area contributed by atoms with Crippen LogP contribution in [-0.4, -0.2) is 35.5 Å². The largest absolute Gasteiger partial charge is 0.338 e. The van der Waals surface area contributed by atoms with E-state index in [1.54, 1.807) is 0 Å². The summed E-state index contributed by atoms with van der Waals surface area (Å²) in [5.74, 6) is 1.23. The number of likely N-dealkylation sites (tertiary alicyclic amines) is 1. The van der Waals surface area contributed by atoms with Gasteiger partial charge in [0, 0.05) is 12.6 Å². The Labute approximate surface area is 123 Å². The maximum absolute atomic E-state index is 13.2. The summed E-state index contributed by atoms with van der Waals surface area (Å²) in [7, 11) is 0. The van der Waals surface area contributed by atoms with Crippen LogP contribution in [0.25, 0.3) is 0 Å². The summed E-state index contributed by atoms with van der Waals surface area (Å²) in [4.78, 5) is 15.5. The number of carbonyl (C=O) groups is 1. The van der Waals surface area contributed by atoms with Crippen molar-refractivity contribution in [3.63, 3.8) is 0 Å². The molecule has 2 aliphatic heterocycles. The molecule has 0 aromatic carbocycles. The molecule has 0 spiro atoms. The van der Waals surface area contributed by atoms with E-state index in [0.29, 0.717) is 11.9 Å². The maximum Gasteiger partial charge on any atom is 0.243 e. The number of hydrogen-bond donors (Lipinski definition) is 1. The molecule has 1 unspecified atom stereocenters. The first kappa shape index (κ1) is 14.4. The molecule has 3 atom stereocenters. The van der Waals surface area contributed by atoms with Gasteiger partial charge in [0.05, 0.1) is 5.54 Å². The Morgan fingerprint density at radius 2 is 2.00 bits per heavy atom. The number of hydrogen-bond acceptors (Lipinski definition) is 2. The fourth-order valence-electron chi connectivity index (χ4n) is 4.89. The summed E-state index contributed by atoms with van der Waals surface area (Å²) in [6.07, 6.45) is 12.2. The van der Waals surface area contributed by atoms with Gasteiger partial charge in [0.2, 0.25) is 5.91 Å². The minimum absolute atomic E-state index is 0.214. The molecule has 0 bridgehead atoms. The number of rotatable bonds is 3. The van der Waals surface area contributed by atoms with Gasteiger partial charge < -0.3 is 10.2 Å². The average molecular weight is 278 g/mol. The van der Waals surface area contributed by atoms with E-state index in [9.17, 15) is 4.79 Å². The van der Waals surface area contributed by atoms with Crippen molar-refractivity contribution < 1.29 is 4.79 Å². The molecule has 1 aliphatic carbocycles. The van der Waals surface area contributed by atoms with Crippen LogP contribution in [0.5, 0.6) is 0 Å². The lowest BCUT2D eigenvalue weighted by atomic mass is 9.77. The Hall–Kier alpha value is -0.570. The summed E-state index contributed by atoms with van der Waals surface area (Å²) in [6.45, 7) is 4.23. The molecule has 1 saturated carbocycles. The molecular formula is C17H30N2O. The number of nitrogens with one attached hydrogen (secondary N) is 1. The molecule has 1 N–H and O–H groups in total. The van der Waals surface area contributed by atoms with Crippen LogP contribution in [0.2, 0.25) is 0 Å². The zero-order chi connectivity index (χ0) is 14.0. The number of amides is 1. The number of piperidine rings is 1. The summed E-state index contributed by atoms with van der Waals surface area (Å²) >= 11 is 0. The second-order valence-corrected chi connectivity index (χ2v) is 7.12. The van der Waals surface area contributed by atoms with Crippen molar-refractivity contribution in [2.45, 2.75) is 82.7 Å². The molecule has 3 heteroatoms. The normalized spacial score (nSPS) is 37.8. The highest BCUT2D eigenvalue weighted by atomic mass is 16.2. The molecule has 3 rings (SSSR count).